The van der Waals surface area contributed by atoms with Crippen LogP contribution >= 0.6 is 0 Å². The predicted octanol–water partition coefficient (Wildman–Crippen LogP) is 1.31. The van der Waals surface area contributed by atoms with Gasteiger partial charge in [0.05, 0.1) is 18.6 Å². The molecular formula is C21H22N4O5. The van der Waals surface area contributed by atoms with Crippen LogP contribution in [0.5, 0.6) is 0 Å². The van der Waals surface area contributed by atoms with E-state index in [1.54, 1.807) is 43.0 Å². The summed E-state index contributed by atoms with van der Waals surface area (Å²) in [4.78, 5) is 47.2. The van der Waals surface area contributed by atoms with Gasteiger partial charge in [-0.3, -0.25) is 14.0 Å². The van der Waals surface area contributed by atoms with Crippen LogP contribution in [0, 0.1) is 5.92 Å². The molecule has 156 valence electrons. The zero-order valence-corrected chi connectivity index (χ0v) is 16.8. The molecule has 30 heavy (non-hydrogen) atoms. The molecule has 0 bridgehead atoms. The molecule has 9 heteroatoms. The van der Waals surface area contributed by atoms with E-state index in [0.717, 1.165) is 12.8 Å². The molecule has 0 aliphatic heterocycles. The number of carbonyl (C=O) groups is 2. The van der Waals surface area contributed by atoms with E-state index in [-0.39, 0.29) is 53.6 Å². The number of hydrogen-bond donors (Lipinski definition) is 0. The van der Waals surface area contributed by atoms with Crippen molar-refractivity contribution in [2.75, 3.05) is 20.3 Å². The molecule has 1 aliphatic carbocycles. The molecule has 0 spiro atoms. The molecule has 0 N–H and O–H groups in total. The Kier molecular flexibility index (Phi) is 5.45. The second-order valence-corrected chi connectivity index (χ2v) is 7.05. The van der Waals surface area contributed by atoms with Crippen molar-refractivity contribution in [1.29, 1.82) is 0 Å². The van der Waals surface area contributed by atoms with Crippen molar-refractivity contribution in [3.05, 3.63) is 51.9 Å². The van der Waals surface area contributed by atoms with Crippen LogP contribution in [0.4, 0.5) is 0 Å². The molecule has 3 heterocycles. The Hall–Kier alpha value is -3.33. The molecule has 4 rings (SSSR count). The van der Waals surface area contributed by atoms with Crippen LogP contribution < -0.4 is 11.0 Å². The first kappa shape index (κ1) is 20.0. The molecule has 1 saturated carbocycles. The lowest BCUT2D eigenvalue weighted by atomic mass is 10.2. The van der Waals surface area contributed by atoms with Gasteiger partial charge in [0, 0.05) is 25.8 Å². The van der Waals surface area contributed by atoms with Gasteiger partial charge in [-0.2, -0.15) is 4.99 Å². The van der Waals surface area contributed by atoms with E-state index in [1.807, 2.05) is 0 Å². The molecule has 3 aromatic rings. The van der Waals surface area contributed by atoms with Crippen LogP contribution in [0.2, 0.25) is 0 Å². The molecule has 3 aromatic heterocycles. The summed E-state index contributed by atoms with van der Waals surface area (Å²) in [5.41, 5.74) is 0.655. The third-order valence-corrected chi connectivity index (χ3v) is 4.95. The van der Waals surface area contributed by atoms with E-state index in [4.69, 9.17) is 9.47 Å². The maximum atomic E-state index is 13.1. The Balaban J connectivity index is 2.11. The lowest BCUT2D eigenvalue weighted by Crippen LogP contribution is -2.33. The number of esters is 1. The van der Waals surface area contributed by atoms with Crippen molar-refractivity contribution in [3.63, 3.8) is 0 Å². The zero-order valence-electron chi connectivity index (χ0n) is 16.8. The van der Waals surface area contributed by atoms with E-state index < -0.39 is 5.97 Å². The first-order valence-electron chi connectivity index (χ1n) is 9.84. The van der Waals surface area contributed by atoms with Crippen molar-refractivity contribution in [2.24, 2.45) is 10.9 Å². The molecular weight excluding hydrogens is 388 g/mol. The second-order valence-electron chi connectivity index (χ2n) is 7.05. The summed E-state index contributed by atoms with van der Waals surface area (Å²) < 4.78 is 13.4. The smallest absolute Gasteiger partial charge is 0.341 e. The molecule has 0 radical (unpaired) electrons. The van der Waals surface area contributed by atoms with Crippen molar-refractivity contribution >= 4 is 28.6 Å². The van der Waals surface area contributed by atoms with Gasteiger partial charge in [-0.25, -0.2) is 9.78 Å². The fraction of sp³-hybridized carbons (Fsp3) is 0.381. The highest BCUT2D eigenvalue weighted by Crippen LogP contribution is 2.30. The van der Waals surface area contributed by atoms with Crippen LogP contribution in [0.3, 0.4) is 0 Å². The summed E-state index contributed by atoms with van der Waals surface area (Å²) in [5.74, 6) is -1.06. The van der Waals surface area contributed by atoms with Crippen molar-refractivity contribution in [1.82, 2.24) is 14.0 Å². The van der Waals surface area contributed by atoms with E-state index in [9.17, 15) is 14.4 Å². The number of hydrogen-bond acceptors (Lipinski definition) is 6. The molecule has 0 atom stereocenters. The largest absolute Gasteiger partial charge is 0.462 e. The molecule has 1 amide bonds. The fourth-order valence-corrected chi connectivity index (χ4v) is 3.28. The normalized spacial score (nSPS) is 14.4. The fourth-order valence-electron chi connectivity index (χ4n) is 3.28. The Morgan fingerprint density at radius 3 is 2.80 bits per heavy atom. The number of nitrogens with zero attached hydrogens (tertiary/aromatic N) is 4. The number of aromatic nitrogens is 3. The lowest BCUT2D eigenvalue weighted by molar-refractivity contribution is -0.119. The zero-order chi connectivity index (χ0) is 21.3. The first-order valence-corrected chi connectivity index (χ1v) is 9.84. The summed E-state index contributed by atoms with van der Waals surface area (Å²) in [6.45, 7) is 2.38. The minimum Gasteiger partial charge on any atom is -0.462 e. The summed E-state index contributed by atoms with van der Waals surface area (Å²) >= 11 is 0. The van der Waals surface area contributed by atoms with Gasteiger partial charge in [-0.1, -0.05) is 6.07 Å². The van der Waals surface area contributed by atoms with Gasteiger partial charge in [-0.05, 0) is 38.0 Å². The molecule has 1 fully saturated rings. The van der Waals surface area contributed by atoms with Crippen molar-refractivity contribution in [2.45, 2.75) is 26.3 Å². The van der Waals surface area contributed by atoms with Gasteiger partial charge in [0.25, 0.3) is 11.5 Å². The molecule has 0 unspecified atom stereocenters. The number of pyridine rings is 2. The Labute approximate surface area is 171 Å². The quantitative estimate of drug-likeness (QED) is 0.448. The predicted molar refractivity (Wildman–Crippen MR) is 108 cm³/mol. The molecule has 0 saturated heterocycles. The third kappa shape index (κ3) is 3.63. The SMILES string of the molecule is CCOC(=O)c1cc2c(=O)n3ccccc3nc2n(CCOC)c1=NC(=O)C1CC1. The van der Waals surface area contributed by atoms with Crippen LogP contribution in [0.25, 0.3) is 16.7 Å². The Morgan fingerprint density at radius 1 is 1.30 bits per heavy atom. The number of amides is 1. The maximum Gasteiger partial charge on any atom is 0.341 e. The minimum absolute atomic E-state index is 0.0595. The number of fused-ring (bicyclic) bond motifs is 2. The lowest BCUT2D eigenvalue weighted by Gasteiger charge is -2.14. The third-order valence-electron chi connectivity index (χ3n) is 4.95. The van der Waals surface area contributed by atoms with E-state index in [2.05, 4.69) is 9.98 Å². The molecule has 9 nitrogen and oxygen atoms in total. The first-order chi connectivity index (χ1) is 14.5. The standard InChI is InChI=1S/C21H22N4O5/c1-3-30-21(28)15-12-14-17(22-16-6-4-5-9-24(16)20(14)27)25(10-11-29-2)18(15)23-19(26)13-7-8-13/h4-6,9,12-13H,3,7-8,10-11H2,1-2H3. The van der Waals surface area contributed by atoms with Gasteiger partial charge in [-0.15, -0.1) is 0 Å². The number of methoxy groups -OCH3 is 1. The van der Waals surface area contributed by atoms with Crippen molar-refractivity contribution < 1.29 is 19.1 Å². The van der Waals surface area contributed by atoms with Gasteiger partial charge in [0.1, 0.15) is 16.9 Å². The highest BCUT2D eigenvalue weighted by Gasteiger charge is 2.30. The average molecular weight is 410 g/mol. The van der Waals surface area contributed by atoms with Crippen molar-refractivity contribution in [3.8, 4) is 0 Å². The van der Waals surface area contributed by atoms with Gasteiger partial charge in [0.15, 0.2) is 5.49 Å². The number of carbonyl (C=O) groups excluding carboxylic acids is 2. The minimum atomic E-state index is -0.648. The monoisotopic (exact) mass is 410 g/mol. The molecule has 1 aliphatic rings. The topological polar surface area (TPSA) is 104 Å². The van der Waals surface area contributed by atoms with Crippen LogP contribution in [0.1, 0.15) is 30.1 Å². The van der Waals surface area contributed by atoms with Crippen LogP contribution in [-0.4, -0.2) is 46.2 Å². The highest BCUT2D eigenvalue weighted by molar-refractivity contribution is 5.94. The van der Waals surface area contributed by atoms with E-state index >= 15 is 0 Å². The number of ether oxygens (including phenoxy) is 2. The summed E-state index contributed by atoms with van der Waals surface area (Å²) in [6, 6.07) is 6.64. The maximum absolute atomic E-state index is 13.1. The van der Waals surface area contributed by atoms with E-state index in [0.29, 0.717) is 11.3 Å². The van der Waals surface area contributed by atoms with E-state index in [1.165, 1.54) is 10.5 Å². The van der Waals surface area contributed by atoms with Gasteiger partial charge < -0.3 is 14.0 Å². The highest BCUT2D eigenvalue weighted by atomic mass is 16.5. The van der Waals surface area contributed by atoms with Gasteiger partial charge >= 0.3 is 5.97 Å². The Bertz CT molecular complexity index is 1270. The second kappa shape index (κ2) is 8.19. The number of rotatable bonds is 6. The van der Waals surface area contributed by atoms with Crippen LogP contribution in [0.15, 0.2) is 40.2 Å². The summed E-state index contributed by atoms with van der Waals surface area (Å²) in [5, 5.41) is 0.232. The molecule has 0 aromatic carbocycles. The van der Waals surface area contributed by atoms with Gasteiger partial charge in [0.2, 0.25) is 0 Å². The average Bonchev–Trinajstić information content (AvgIpc) is 3.58. The summed E-state index contributed by atoms with van der Waals surface area (Å²) in [7, 11) is 1.54. The Morgan fingerprint density at radius 2 is 2.10 bits per heavy atom. The van der Waals surface area contributed by atoms with Crippen LogP contribution in [-0.2, 0) is 20.8 Å². The summed E-state index contributed by atoms with van der Waals surface area (Å²) in [6.07, 6.45) is 3.18.